The summed E-state index contributed by atoms with van der Waals surface area (Å²) >= 11 is 5.93. The molecule has 0 fully saturated rings. The minimum Gasteiger partial charge on any atom is -0.384 e. The molecule has 0 aliphatic rings. The molecule has 3 rings (SSSR count). The quantitative estimate of drug-likeness (QED) is 0.658. The first-order valence-electron chi connectivity index (χ1n) is 8.31. The van der Waals surface area contributed by atoms with Gasteiger partial charge in [0.15, 0.2) is 0 Å². The first-order chi connectivity index (χ1) is 12.3. The van der Waals surface area contributed by atoms with Crippen molar-refractivity contribution in [3.8, 4) is 0 Å². The van der Waals surface area contributed by atoms with Crippen LogP contribution in [-0.4, -0.2) is 28.0 Å². The molecule has 0 spiro atoms. The van der Waals surface area contributed by atoms with Gasteiger partial charge in [0.25, 0.3) is 0 Å². The van der Waals surface area contributed by atoms with E-state index in [-0.39, 0.29) is 0 Å². The molecule has 1 aromatic carbocycles. The van der Waals surface area contributed by atoms with Crippen LogP contribution in [0.4, 0.5) is 5.69 Å². The van der Waals surface area contributed by atoms with Gasteiger partial charge in [-0.15, -0.1) is 0 Å². The van der Waals surface area contributed by atoms with Crippen molar-refractivity contribution in [2.45, 2.75) is 13.1 Å². The predicted molar refractivity (Wildman–Crippen MR) is 103 cm³/mol. The van der Waals surface area contributed by atoms with Crippen LogP contribution < -0.4 is 5.32 Å². The number of benzene rings is 1. The molecule has 3 aromatic rings. The minimum atomic E-state index is 0.748. The molecule has 0 atom stereocenters. The fourth-order valence-corrected chi connectivity index (χ4v) is 2.71. The zero-order valence-corrected chi connectivity index (χ0v) is 14.7. The first kappa shape index (κ1) is 17.4. The van der Waals surface area contributed by atoms with Crippen molar-refractivity contribution in [3.05, 3.63) is 89.5 Å². The van der Waals surface area contributed by atoms with Gasteiger partial charge in [0.2, 0.25) is 0 Å². The third kappa shape index (κ3) is 5.85. The molecule has 5 heteroatoms. The number of rotatable bonds is 8. The Hall–Kier alpha value is -2.43. The van der Waals surface area contributed by atoms with Crippen molar-refractivity contribution in [1.82, 2.24) is 14.9 Å². The van der Waals surface area contributed by atoms with Crippen LogP contribution in [0.15, 0.2) is 73.1 Å². The maximum Gasteiger partial charge on any atom is 0.0544 e. The fraction of sp³-hybridized carbons (Fsp3) is 0.200. The molecular weight excluding hydrogens is 332 g/mol. The second kappa shape index (κ2) is 9.16. The highest BCUT2D eigenvalue weighted by Crippen LogP contribution is 2.13. The lowest BCUT2D eigenvalue weighted by atomic mass is 10.2. The maximum absolute atomic E-state index is 5.93. The van der Waals surface area contributed by atoms with Crippen LogP contribution in [0.1, 0.15) is 11.4 Å². The highest BCUT2D eigenvalue weighted by molar-refractivity contribution is 6.30. The minimum absolute atomic E-state index is 0.748. The van der Waals surface area contributed by atoms with Crippen molar-refractivity contribution in [2.75, 3.05) is 18.4 Å². The average Bonchev–Trinajstić information content (AvgIpc) is 2.65. The smallest absolute Gasteiger partial charge is 0.0544 e. The van der Waals surface area contributed by atoms with E-state index in [2.05, 4.69) is 32.3 Å². The molecule has 0 aliphatic carbocycles. The second-order valence-corrected chi connectivity index (χ2v) is 6.22. The van der Waals surface area contributed by atoms with Crippen LogP contribution >= 0.6 is 11.6 Å². The van der Waals surface area contributed by atoms with Gasteiger partial charge in [-0.1, -0.05) is 23.7 Å². The van der Waals surface area contributed by atoms with Gasteiger partial charge in [-0.3, -0.25) is 14.9 Å². The highest BCUT2D eigenvalue weighted by Gasteiger charge is 2.08. The summed E-state index contributed by atoms with van der Waals surface area (Å²) in [5.41, 5.74) is 3.19. The van der Waals surface area contributed by atoms with Crippen molar-refractivity contribution in [2.24, 2.45) is 0 Å². The van der Waals surface area contributed by atoms with E-state index in [0.717, 1.165) is 48.3 Å². The second-order valence-electron chi connectivity index (χ2n) is 5.79. The molecule has 0 aliphatic heterocycles. The van der Waals surface area contributed by atoms with Crippen molar-refractivity contribution < 1.29 is 0 Å². The summed E-state index contributed by atoms with van der Waals surface area (Å²) in [4.78, 5) is 11.2. The third-order valence-corrected chi connectivity index (χ3v) is 4.08. The number of nitrogens with zero attached hydrogens (tertiary/aromatic N) is 3. The summed E-state index contributed by atoms with van der Waals surface area (Å²) in [5, 5.41) is 4.18. The summed E-state index contributed by atoms with van der Waals surface area (Å²) in [5.74, 6) is 0. The lowest BCUT2D eigenvalue weighted by molar-refractivity contribution is 0.261. The average molecular weight is 353 g/mol. The fourth-order valence-electron chi connectivity index (χ4n) is 2.58. The summed E-state index contributed by atoms with van der Waals surface area (Å²) in [6.07, 6.45) is 3.67. The largest absolute Gasteiger partial charge is 0.384 e. The molecule has 1 N–H and O–H groups in total. The van der Waals surface area contributed by atoms with Crippen LogP contribution in [0, 0.1) is 0 Å². The highest BCUT2D eigenvalue weighted by atomic mass is 35.5. The molecule has 0 amide bonds. The number of nitrogens with one attached hydrogen (secondary N) is 1. The molecule has 0 radical (unpaired) electrons. The summed E-state index contributed by atoms with van der Waals surface area (Å²) in [7, 11) is 0. The van der Waals surface area contributed by atoms with Crippen molar-refractivity contribution in [3.63, 3.8) is 0 Å². The molecule has 2 aromatic heterocycles. The Balaban J connectivity index is 1.60. The number of halogens is 1. The number of hydrogen-bond acceptors (Lipinski definition) is 4. The van der Waals surface area contributed by atoms with Gasteiger partial charge >= 0.3 is 0 Å². The Labute approximate surface area is 153 Å². The zero-order valence-electron chi connectivity index (χ0n) is 14.0. The molecule has 0 saturated heterocycles. The number of aromatic nitrogens is 2. The number of hydrogen-bond donors (Lipinski definition) is 1. The molecule has 25 heavy (non-hydrogen) atoms. The van der Waals surface area contributed by atoms with Gasteiger partial charge < -0.3 is 5.32 Å². The molecular formula is C20H21ClN4. The van der Waals surface area contributed by atoms with Crippen LogP contribution in [0.3, 0.4) is 0 Å². The van der Waals surface area contributed by atoms with Crippen LogP contribution in [0.2, 0.25) is 5.02 Å². The molecule has 4 nitrogen and oxygen atoms in total. The zero-order chi connectivity index (χ0) is 17.3. The molecule has 0 unspecified atom stereocenters. The van der Waals surface area contributed by atoms with Gasteiger partial charge in [0, 0.05) is 49.3 Å². The van der Waals surface area contributed by atoms with Crippen molar-refractivity contribution in [1.29, 1.82) is 0 Å². The maximum atomic E-state index is 5.93. The topological polar surface area (TPSA) is 41.0 Å². The van der Waals surface area contributed by atoms with E-state index in [1.807, 2.05) is 60.9 Å². The van der Waals surface area contributed by atoms with E-state index < -0.39 is 0 Å². The summed E-state index contributed by atoms with van der Waals surface area (Å²) in [6, 6.07) is 19.8. The molecule has 2 heterocycles. The van der Waals surface area contributed by atoms with Gasteiger partial charge in [0.1, 0.15) is 0 Å². The van der Waals surface area contributed by atoms with Crippen LogP contribution in [-0.2, 0) is 13.1 Å². The summed E-state index contributed by atoms with van der Waals surface area (Å²) < 4.78 is 0. The van der Waals surface area contributed by atoms with Gasteiger partial charge in [0.05, 0.1) is 11.4 Å². The van der Waals surface area contributed by atoms with E-state index in [0.29, 0.717) is 0 Å². The van der Waals surface area contributed by atoms with Gasteiger partial charge in [-0.05, 0) is 48.5 Å². The van der Waals surface area contributed by atoms with Crippen LogP contribution in [0.25, 0.3) is 0 Å². The van der Waals surface area contributed by atoms with E-state index in [4.69, 9.17) is 11.6 Å². The Bertz CT molecular complexity index is 706. The predicted octanol–water partition coefficient (Wildman–Crippen LogP) is 4.24. The molecule has 128 valence electrons. The SMILES string of the molecule is Clc1ccc(NCCN(Cc2ccccn2)Cc2ccccn2)cc1. The van der Waals surface area contributed by atoms with Crippen molar-refractivity contribution >= 4 is 17.3 Å². The van der Waals surface area contributed by atoms with Gasteiger partial charge in [-0.2, -0.15) is 0 Å². The Morgan fingerprint density at radius 1 is 0.800 bits per heavy atom. The Morgan fingerprint density at radius 3 is 1.92 bits per heavy atom. The lowest BCUT2D eigenvalue weighted by Gasteiger charge is -2.22. The lowest BCUT2D eigenvalue weighted by Crippen LogP contribution is -2.29. The third-order valence-electron chi connectivity index (χ3n) is 3.82. The monoisotopic (exact) mass is 352 g/mol. The normalized spacial score (nSPS) is 10.8. The van der Waals surface area contributed by atoms with E-state index in [1.54, 1.807) is 0 Å². The summed E-state index contributed by atoms with van der Waals surface area (Å²) in [6.45, 7) is 3.30. The Kier molecular flexibility index (Phi) is 6.37. The molecule has 0 bridgehead atoms. The van der Waals surface area contributed by atoms with E-state index in [9.17, 15) is 0 Å². The van der Waals surface area contributed by atoms with Gasteiger partial charge in [-0.25, -0.2) is 0 Å². The van der Waals surface area contributed by atoms with Crippen LogP contribution in [0.5, 0.6) is 0 Å². The molecule has 0 saturated carbocycles. The first-order valence-corrected chi connectivity index (χ1v) is 8.69. The van der Waals surface area contributed by atoms with E-state index in [1.165, 1.54) is 0 Å². The standard InChI is InChI=1S/C20H21ClN4/c21-17-7-9-18(10-8-17)24-13-14-25(15-19-5-1-3-11-22-19)16-20-6-2-4-12-23-20/h1-12,24H,13-16H2. The number of pyridine rings is 2. The van der Waals surface area contributed by atoms with E-state index >= 15 is 0 Å². The number of anilines is 1. The Morgan fingerprint density at radius 2 is 1.40 bits per heavy atom.